The van der Waals surface area contributed by atoms with Gasteiger partial charge >= 0.3 is 6.18 Å². The predicted molar refractivity (Wildman–Crippen MR) is 69.7 cm³/mol. The molecule has 0 bridgehead atoms. The summed E-state index contributed by atoms with van der Waals surface area (Å²) in [6.45, 7) is 0. The highest BCUT2D eigenvalue weighted by Crippen LogP contribution is 2.35. The van der Waals surface area contributed by atoms with Crippen molar-refractivity contribution >= 4 is 17.5 Å². The second-order valence-corrected chi connectivity index (χ2v) is 4.70. The molecule has 0 aliphatic carbocycles. The fourth-order valence-electron chi connectivity index (χ4n) is 1.74. The van der Waals surface area contributed by atoms with Crippen LogP contribution >= 0.6 is 11.6 Å². The minimum Gasteiger partial charge on any atom is -0.335 e. The lowest BCUT2D eigenvalue weighted by Gasteiger charge is -2.22. The molecular weight excluding hydrogens is 345 g/mol. The van der Waals surface area contributed by atoms with E-state index in [0.717, 1.165) is 18.5 Å². The van der Waals surface area contributed by atoms with Gasteiger partial charge in [0.25, 0.3) is 5.91 Å². The Morgan fingerprint density at radius 3 is 2.22 bits per heavy atom. The Labute approximate surface area is 131 Å². The minimum atomic E-state index is -5.13. The lowest BCUT2D eigenvalue weighted by Crippen LogP contribution is -2.39. The summed E-state index contributed by atoms with van der Waals surface area (Å²) in [5.41, 5.74) is -1.80. The number of nitrogens with zero attached hydrogens (tertiary/aromatic N) is 2. The van der Waals surface area contributed by atoms with Gasteiger partial charge in [-0.25, -0.2) is 18.7 Å². The molecule has 1 aromatic carbocycles. The van der Waals surface area contributed by atoms with E-state index >= 15 is 0 Å². The summed E-state index contributed by atoms with van der Waals surface area (Å²) in [6.07, 6.45) is -3.34. The van der Waals surface area contributed by atoms with Gasteiger partial charge in [-0.2, -0.15) is 13.2 Å². The second kappa shape index (κ2) is 6.45. The van der Waals surface area contributed by atoms with Crippen LogP contribution in [-0.2, 0) is 0 Å². The first kappa shape index (κ1) is 17.1. The molecule has 0 spiro atoms. The number of carbonyl (C=O) groups is 1. The fraction of sp³-hybridized carbons (Fsp3) is 0.154. The molecule has 0 fully saturated rings. The van der Waals surface area contributed by atoms with Crippen molar-refractivity contribution in [2.24, 2.45) is 0 Å². The third kappa shape index (κ3) is 3.92. The first-order valence-corrected chi connectivity index (χ1v) is 6.37. The van der Waals surface area contributed by atoms with Crippen molar-refractivity contribution in [2.75, 3.05) is 0 Å². The maximum absolute atomic E-state index is 13.6. The minimum absolute atomic E-state index is 0.0749. The van der Waals surface area contributed by atoms with Gasteiger partial charge in [0.2, 0.25) is 0 Å². The number of carbonyl (C=O) groups excluding carboxylic acids is 1. The Balaban J connectivity index is 2.37. The van der Waals surface area contributed by atoms with E-state index in [1.165, 1.54) is 5.32 Å². The number of halogens is 6. The molecule has 0 aliphatic heterocycles. The molecule has 1 N–H and O–H groups in total. The van der Waals surface area contributed by atoms with E-state index in [1.54, 1.807) is 0 Å². The molecule has 0 saturated heterocycles. The lowest BCUT2D eigenvalue weighted by molar-refractivity contribution is -0.156. The van der Waals surface area contributed by atoms with E-state index < -0.39 is 41.0 Å². The maximum Gasteiger partial charge on any atom is 0.413 e. The summed E-state index contributed by atoms with van der Waals surface area (Å²) in [4.78, 5) is 18.8. The Bertz CT molecular complexity index is 700. The number of aromatic nitrogens is 2. The molecule has 10 heteroatoms. The van der Waals surface area contributed by atoms with Crippen molar-refractivity contribution in [1.29, 1.82) is 0 Å². The van der Waals surface area contributed by atoms with E-state index in [9.17, 15) is 26.7 Å². The van der Waals surface area contributed by atoms with Gasteiger partial charge in [0.05, 0.1) is 18.0 Å². The molecule has 122 valence electrons. The highest BCUT2D eigenvalue weighted by molar-refractivity contribution is 6.29. The monoisotopic (exact) mass is 351 g/mol. The van der Waals surface area contributed by atoms with Crippen LogP contribution in [0.15, 0.2) is 30.6 Å². The summed E-state index contributed by atoms with van der Waals surface area (Å²) in [7, 11) is 0. The average molecular weight is 352 g/mol. The van der Waals surface area contributed by atoms with Crippen LogP contribution in [0, 0.1) is 11.6 Å². The van der Waals surface area contributed by atoms with Gasteiger partial charge in [-0.3, -0.25) is 4.79 Å². The van der Waals surface area contributed by atoms with Gasteiger partial charge in [-0.05, 0) is 12.1 Å². The van der Waals surface area contributed by atoms with Crippen LogP contribution in [-0.4, -0.2) is 22.1 Å². The first-order valence-electron chi connectivity index (χ1n) is 5.99. The Morgan fingerprint density at radius 1 is 1.13 bits per heavy atom. The van der Waals surface area contributed by atoms with Crippen LogP contribution in [0.25, 0.3) is 0 Å². The number of alkyl halides is 3. The van der Waals surface area contributed by atoms with Crippen molar-refractivity contribution in [2.45, 2.75) is 12.2 Å². The smallest absolute Gasteiger partial charge is 0.335 e. The van der Waals surface area contributed by atoms with Gasteiger partial charge in [0, 0.05) is 0 Å². The SMILES string of the molecule is O=C(NC(c1c(F)cccc1F)C(F)(F)F)c1cnc(Cl)cn1. The molecular formula is C13H7ClF5N3O. The molecule has 4 nitrogen and oxygen atoms in total. The number of benzene rings is 1. The zero-order chi connectivity index (χ0) is 17.2. The lowest BCUT2D eigenvalue weighted by atomic mass is 10.0. The molecule has 2 rings (SSSR count). The highest BCUT2D eigenvalue weighted by atomic mass is 35.5. The molecule has 1 heterocycles. The van der Waals surface area contributed by atoms with E-state index in [-0.39, 0.29) is 5.15 Å². The number of rotatable bonds is 3. The largest absolute Gasteiger partial charge is 0.413 e. The third-order valence-electron chi connectivity index (χ3n) is 2.74. The van der Waals surface area contributed by atoms with Crippen LogP contribution in [0.3, 0.4) is 0 Å². The van der Waals surface area contributed by atoms with Crippen LogP contribution in [0.5, 0.6) is 0 Å². The molecule has 0 aliphatic rings. The predicted octanol–water partition coefficient (Wildman–Crippen LogP) is 3.44. The number of hydrogen-bond donors (Lipinski definition) is 1. The molecule has 0 radical (unpaired) electrons. The van der Waals surface area contributed by atoms with Crippen molar-refractivity contribution in [3.63, 3.8) is 0 Å². The zero-order valence-corrected chi connectivity index (χ0v) is 11.8. The summed E-state index contributed by atoms with van der Waals surface area (Å²) in [5.74, 6) is -4.18. The molecule has 0 saturated carbocycles. The molecule has 1 aromatic heterocycles. The number of hydrogen-bond acceptors (Lipinski definition) is 3. The van der Waals surface area contributed by atoms with Crippen molar-refractivity contribution in [3.05, 3.63) is 58.6 Å². The summed E-state index contributed by atoms with van der Waals surface area (Å²) >= 11 is 5.45. The second-order valence-electron chi connectivity index (χ2n) is 4.31. The third-order valence-corrected chi connectivity index (χ3v) is 2.94. The highest BCUT2D eigenvalue weighted by Gasteiger charge is 2.45. The van der Waals surface area contributed by atoms with Crippen LogP contribution < -0.4 is 5.32 Å². The van der Waals surface area contributed by atoms with E-state index in [4.69, 9.17) is 11.6 Å². The van der Waals surface area contributed by atoms with Gasteiger partial charge < -0.3 is 5.32 Å². The van der Waals surface area contributed by atoms with E-state index in [0.29, 0.717) is 12.1 Å². The molecule has 1 unspecified atom stereocenters. The van der Waals surface area contributed by atoms with Crippen molar-refractivity contribution in [3.8, 4) is 0 Å². The zero-order valence-electron chi connectivity index (χ0n) is 11.0. The van der Waals surface area contributed by atoms with Crippen molar-refractivity contribution in [1.82, 2.24) is 15.3 Å². The van der Waals surface area contributed by atoms with Crippen LogP contribution in [0.1, 0.15) is 22.1 Å². The Morgan fingerprint density at radius 2 is 1.74 bits per heavy atom. The summed E-state index contributed by atoms with van der Waals surface area (Å²) in [5, 5.41) is 1.43. The number of amides is 1. The standard InChI is InChI=1S/C13H7ClF5N3O/c14-9-5-20-8(4-21-9)12(23)22-11(13(17,18)19)10-6(15)2-1-3-7(10)16/h1-5,11H,(H,22,23). The molecule has 1 amide bonds. The van der Waals surface area contributed by atoms with E-state index in [1.807, 2.05) is 0 Å². The van der Waals surface area contributed by atoms with Gasteiger partial charge in [-0.1, -0.05) is 17.7 Å². The Hall–Kier alpha value is -2.29. The first-order chi connectivity index (χ1) is 10.7. The summed E-state index contributed by atoms with van der Waals surface area (Å²) < 4.78 is 66.5. The normalized spacial score (nSPS) is 12.8. The maximum atomic E-state index is 13.6. The van der Waals surface area contributed by atoms with Crippen LogP contribution in [0.4, 0.5) is 22.0 Å². The fourth-order valence-corrected chi connectivity index (χ4v) is 1.84. The molecule has 1 atom stereocenters. The quantitative estimate of drug-likeness (QED) is 0.862. The Kier molecular flexibility index (Phi) is 4.79. The van der Waals surface area contributed by atoms with Gasteiger partial charge in [0.15, 0.2) is 6.04 Å². The van der Waals surface area contributed by atoms with Gasteiger partial charge in [0.1, 0.15) is 22.5 Å². The molecule has 23 heavy (non-hydrogen) atoms. The van der Waals surface area contributed by atoms with E-state index in [2.05, 4.69) is 9.97 Å². The van der Waals surface area contributed by atoms with Crippen LogP contribution in [0.2, 0.25) is 5.15 Å². The van der Waals surface area contributed by atoms with Gasteiger partial charge in [-0.15, -0.1) is 0 Å². The topological polar surface area (TPSA) is 54.9 Å². The molecule has 2 aromatic rings. The summed E-state index contributed by atoms with van der Waals surface area (Å²) in [6, 6.07) is -0.654. The van der Waals surface area contributed by atoms with Crippen molar-refractivity contribution < 1.29 is 26.7 Å². The number of nitrogens with one attached hydrogen (secondary N) is 1. The average Bonchev–Trinajstić information content (AvgIpc) is 2.45.